The number of ether oxygens (including phenoxy) is 1. The molecule has 0 aliphatic heterocycles. The number of anilines is 2. The van der Waals surface area contributed by atoms with Gasteiger partial charge in [0.25, 0.3) is 5.92 Å². The van der Waals surface area contributed by atoms with E-state index in [9.17, 15) is 13.6 Å². The smallest absolute Gasteiger partial charge is 0.337 e. The molecule has 27 heavy (non-hydrogen) atoms. The highest BCUT2D eigenvalue weighted by Gasteiger charge is 2.23. The largest absolute Gasteiger partial charge is 0.465 e. The van der Waals surface area contributed by atoms with Crippen LogP contribution in [0.1, 0.15) is 22.8 Å². The molecule has 3 aromatic rings. The Kier molecular flexibility index (Phi) is 4.85. The number of aromatic nitrogens is 4. The number of methoxy groups -OCH3 is 1. The lowest BCUT2D eigenvalue weighted by molar-refractivity contribution is 0.0175. The van der Waals surface area contributed by atoms with Crippen LogP contribution in [-0.2, 0) is 17.7 Å². The summed E-state index contributed by atoms with van der Waals surface area (Å²) >= 11 is 0. The Balaban J connectivity index is 1.98. The lowest BCUT2D eigenvalue weighted by Gasteiger charge is -2.14. The lowest BCUT2D eigenvalue weighted by Crippen LogP contribution is -2.06. The van der Waals surface area contributed by atoms with Gasteiger partial charge in [0, 0.05) is 29.4 Å². The Morgan fingerprint density at radius 1 is 1.19 bits per heavy atom. The van der Waals surface area contributed by atoms with Crippen molar-refractivity contribution in [3.8, 4) is 11.4 Å². The molecule has 2 aromatic carbocycles. The van der Waals surface area contributed by atoms with E-state index in [4.69, 9.17) is 4.74 Å². The van der Waals surface area contributed by atoms with Crippen LogP contribution in [0, 0.1) is 0 Å². The number of rotatable bonds is 5. The molecule has 3 rings (SSSR count). The molecule has 1 aromatic heterocycles. The normalized spacial score (nSPS) is 11.3. The van der Waals surface area contributed by atoms with Crippen molar-refractivity contribution in [1.82, 2.24) is 20.2 Å². The van der Waals surface area contributed by atoms with E-state index >= 15 is 0 Å². The molecular formula is C18H17F2N5O2. The molecule has 0 atom stereocenters. The van der Waals surface area contributed by atoms with E-state index in [0.717, 1.165) is 6.92 Å². The molecule has 0 amide bonds. The van der Waals surface area contributed by atoms with E-state index < -0.39 is 11.9 Å². The maximum atomic E-state index is 13.4. The maximum absolute atomic E-state index is 13.4. The molecule has 1 N–H and O–H groups in total. The number of alkyl halides is 2. The van der Waals surface area contributed by atoms with Crippen LogP contribution in [-0.4, -0.2) is 33.3 Å². The number of benzene rings is 2. The number of hydrogen-bond acceptors (Lipinski definition) is 6. The zero-order chi connectivity index (χ0) is 19.6. The van der Waals surface area contributed by atoms with E-state index in [1.807, 2.05) is 0 Å². The number of esters is 1. The van der Waals surface area contributed by atoms with Crippen molar-refractivity contribution in [1.29, 1.82) is 0 Å². The fourth-order valence-electron chi connectivity index (χ4n) is 2.48. The minimum Gasteiger partial charge on any atom is -0.465 e. The van der Waals surface area contributed by atoms with Gasteiger partial charge in [0.15, 0.2) is 0 Å². The van der Waals surface area contributed by atoms with Gasteiger partial charge in [-0.3, -0.25) is 0 Å². The molecule has 0 unspecified atom stereocenters. The van der Waals surface area contributed by atoms with Gasteiger partial charge in [-0.2, -0.15) is 4.80 Å². The second-order valence-electron chi connectivity index (χ2n) is 5.95. The molecule has 0 saturated heterocycles. The summed E-state index contributed by atoms with van der Waals surface area (Å²) in [5, 5.41) is 15.1. The summed E-state index contributed by atoms with van der Waals surface area (Å²) in [6.07, 6.45) is 0. The van der Waals surface area contributed by atoms with Gasteiger partial charge in [0.2, 0.25) is 5.82 Å². The zero-order valence-electron chi connectivity index (χ0n) is 14.9. The van der Waals surface area contributed by atoms with Gasteiger partial charge in [0.1, 0.15) is 0 Å². The van der Waals surface area contributed by atoms with Gasteiger partial charge in [0.05, 0.1) is 19.7 Å². The van der Waals surface area contributed by atoms with Crippen LogP contribution in [0.2, 0.25) is 0 Å². The molecular weight excluding hydrogens is 356 g/mol. The number of aryl methyl sites for hydroxylation is 1. The monoisotopic (exact) mass is 373 g/mol. The van der Waals surface area contributed by atoms with E-state index in [1.165, 1.54) is 24.0 Å². The molecule has 7 nitrogen and oxygen atoms in total. The predicted molar refractivity (Wildman–Crippen MR) is 94.9 cm³/mol. The first-order valence-corrected chi connectivity index (χ1v) is 8.00. The summed E-state index contributed by atoms with van der Waals surface area (Å²) in [5.74, 6) is -3.10. The minimum absolute atomic E-state index is 0.0788. The van der Waals surface area contributed by atoms with Crippen LogP contribution in [0.4, 0.5) is 20.2 Å². The topological polar surface area (TPSA) is 81.9 Å². The van der Waals surface area contributed by atoms with Crippen molar-refractivity contribution in [3.63, 3.8) is 0 Å². The molecule has 0 saturated carbocycles. The van der Waals surface area contributed by atoms with Crippen LogP contribution in [0.15, 0.2) is 42.5 Å². The third kappa shape index (κ3) is 4.08. The number of nitrogens with zero attached hydrogens (tertiary/aromatic N) is 4. The summed E-state index contributed by atoms with van der Waals surface area (Å²) in [4.78, 5) is 13.1. The number of halogens is 2. The summed E-state index contributed by atoms with van der Waals surface area (Å²) < 4.78 is 31.5. The van der Waals surface area contributed by atoms with Crippen LogP contribution >= 0.6 is 0 Å². The highest BCUT2D eigenvalue weighted by atomic mass is 19.3. The number of carbonyl (C=O) groups is 1. The molecule has 0 fully saturated rings. The highest BCUT2D eigenvalue weighted by Crippen LogP contribution is 2.31. The van der Waals surface area contributed by atoms with Gasteiger partial charge in [-0.15, -0.1) is 10.2 Å². The van der Waals surface area contributed by atoms with E-state index in [1.54, 1.807) is 37.4 Å². The third-order valence-corrected chi connectivity index (χ3v) is 3.86. The molecule has 0 aliphatic rings. The SMILES string of the molecule is COC(=O)c1ccc(Nc2ccc(C(C)(F)F)cc2)c(-c2nnn(C)n2)c1. The Morgan fingerprint density at radius 2 is 1.89 bits per heavy atom. The second-order valence-corrected chi connectivity index (χ2v) is 5.95. The number of nitrogens with one attached hydrogen (secondary N) is 1. The molecule has 0 aliphatic carbocycles. The molecule has 0 radical (unpaired) electrons. The van der Waals surface area contributed by atoms with Crippen LogP contribution in [0.25, 0.3) is 11.4 Å². The first-order chi connectivity index (χ1) is 12.8. The summed E-state index contributed by atoms with van der Waals surface area (Å²) in [5.41, 5.74) is 1.96. The minimum atomic E-state index is -2.91. The Hall–Kier alpha value is -3.36. The van der Waals surface area contributed by atoms with Gasteiger partial charge in [-0.25, -0.2) is 13.6 Å². The first-order valence-electron chi connectivity index (χ1n) is 8.00. The summed E-state index contributed by atoms with van der Waals surface area (Å²) in [7, 11) is 2.91. The van der Waals surface area contributed by atoms with Gasteiger partial charge >= 0.3 is 5.97 Å². The van der Waals surface area contributed by atoms with Crippen LogP contribution < -0.4 is 5.32 Å². The van der Waals surface area contributed by atoms with Gasteiger partial charge in [-0.05, 0) is 35.5 Å². The molecule has 140 valence electrons. The maximum Gasteiger partial charge on any atom is 0.337 e. The molecule has 1 heterocycles. The molecule has 0 spiro atoms. The highest BCUT2D eigenvalue weighted by molar-refractivity contribution is 5.93. The van der Waals surface area contributed by atoms with E-state index in [0.29, 0.717) is 28.3 Å². The number of tetrazole rings is 1. The van der Waals surface area contributed by atoms with E-state index in [-0.39, 0.29) is 5.56 Å². The fraction of sp³-hybridized carbons (Fsp3) is 0.222. The second kappa shape index (κ2) is 7.10. The Bertz CT molecular complexity index is 965. The average molecular weight is 373 g/mol. The number of hydrogen-bond donors (Lipinski definition) is 1. The zero-order valence-corrected chi connectivity index (χ0v) is 14.9. The Morgan fingerprint density at radius 3 is 2.44 bits per heavy atom. The van der Waals surface area contributed by atoms with Crippen molar-refractivity contribution in [2.24, 2.45) is 7.05 Å². The van der Waals surface area contributed by atoms with Crippen molar-refractivity contribution < 1.29 is 18.3 Å². The van der Waals surface area contributed by atoms with Gasteiger partial charge in [-0.1, -0.05) is 12.1 Å². The van der Waals surface area contributed by atoms with Crippen LogP contribution in [0.3, 0.4) is 0 Å². The Labute approximate surface area is 154 Å². The predicted octanol–water partition coefficient (Wildman–Crippen LogP) is 3.52. The van der Waals surface area contributed by atoms with Crippen LogP contribution in [0.5, 0.6) is 0 Å². The summed E-state index contributed by atoms with van der Waals surface area (Å²) in [6.45, 7) is 0.846. The lowest BCUT2D eigenvalue weighted by atomic mass is 10.1. The quantitative estimate of drug-likeness (QED) is 0.689. The van der Waals surface area contributed by atoms with Crippen molar-refractivity contribution >= 4 is 17.3 Å². The molecule has 0 bridgehead atoms. The average Bonchev–Trinajstić information content (AvgIpc) is 3.07. The van der Waals surface area contributed by atoms with Gasteiger partial charge < -0.3 is 10.1 Å². The first kappa shape index (κ1) is 18.4. The van der Waals surface area contributed by atoms with Crippen molar-refractivity contribution in [2.75, 3.05) is 12.4 Å². The standard InChI is InChI=1S/C18H17F2N5O2/c1-18(19,20)12-5-7-13(8-6-12)21-15-9-4-11(17(26)27-3)10-14(15)16-22-24-25(2)23-16/h4-10,21H,1-3H3. The molecule has 9 heteroatoms. The third-order valence-electron chi connectivity index (χ3n) is 3.86. The number of carbonyl (C=O) groups excluding carboxylic acids is 1. The summed E-state index contributed by atoms with van der Waals surface area (Å²) in [6, 6.07) is 10.6. The van der Waals surface area contributed by atoms with E-state index in [2.05, 4.69) is 20.7 Å². The fourth-order valence-corrected chi connectivity index (χ4v) is 2.48. The van der Waals surface area contributed by atoms with Crippen molar-refractivity contribution in [2.45, 2.75) is 12.8 Å². The van der Waals surface area contributed by atoms with Crippen molar-refractivity contribution in [3.05, 3.63) is 53.6 Å².